The zero-order valence-corrected chi connectivity index (χ0v) is 32.1. The van der Waals surface area contributed by atoms with Gasteiger partial charge in [0, 0.05) is 50.3 Å². The fourth-order valence-corrected chi connectivity index (χ4v) is 8.30. The van der Waals surface area contributed by atoms with Crippen molar-refractivity contribution in [2.75, 3.05) is 46.0 Å². The van der Waals surface area contributed by atoms with Crippen molar-refractivity contribution in [3.8, 4) is 11.5 Å². The SMILES string of the molecule is C=CCOc1ccc2c(c1)C1C(CCCCO)C(CCCCO)C=C3C(=NOCc4ccc([N+](=O)[O-])cc4)CC(N(C)C(=O)OCCCl)C(OCC=C)(O2)C31. The Morgan fingerprint density at radius 3 is 2.49 bits per heavy atom. The van der Waals surface area contributed by atoms with Crippen LogP contribution in [0.4, 0.5) is 10.5 Å². The Labute approximate surface area is 327 Å². The molecule has 5 rings (SSSR count). The second-order valence-electron chi connectivity index (χ2n) is 14.0. The summed E-state index contributed by atoms with van der Waals surface area (Å²) in [6, 6.07) is 11.1. The van der Waals surface area contributed by atoms with Gasteiger partial charge < -0.3 is 38.9 Å². The fraction of sp³-hybridized carbons (Fsp3) is 0.512. The number of non-ortho nitro benzene ring substituents is 1. The van der Waals surface area contributed by atoms with Gasteiger partial charge in [-0.1, -0.05) is 42.8 Å². The molecule has 298 valence electrons. The van der Waals surface area contributed by atoms with E-state index in [0.717, 1.165) is 36.8 Å². The molecule has 14 heteroatoms. The second kappa shape index (κ2) is 19.9. The zero-order chi connectivity index (χ0) is 39.4. The highest BCUT2D eigenvalue weighted by Gasteiger charge is 2.65. The first-order chi connectivity index (χ1) is 26.7. The Balaban J connectivity index is 1.71. The number of carbonyl (C=O) groups is 1. The van der Waals surface area contributed by atoms with Crippen LogP contribution < -0.4 is 9.47 Å². The van der Waals surface area contributed by atoms with Gasteiger partial charge in [0.2, 0.25) is 5.79 Å². The number of fused-ring (bicyclic) bond motifs is 2. The third-order valence-corrected chi connectivity index (χ3v) is 10.8. The number of likely N-dealkylation sites (N-methyl/N-ethyl adjacent to an activating group) is 1. The molecule has 2 aromatic rings. The Morgan fingerprint density at radius 2 is 1.82 bits per heavy atom. The quantitative estimate of drug-likeness (QED) is 0.0432. The average molecular weight is 782 g/mol. The number of ether oxygens (including phenoxy) is 4. The number of allylic oxidation sites excluding steroid dienone is 1. The summed E-state index contributed by atoms with van der Waals surface area (Å²) in [6.45, 7) is 8.38. The molecular formula is C41H52ClN3O10. The van der Waals surface area contributed by atoms with Crippen LogP contribution in [0.5, 0.6) is 11.5 Å². The van der Waals surface area contributed by atoms with Gasteiger partial charge in [0.1, 0.15) is 37.4 Å². The molecule has 2 aliphatic carbocycles. The minimum Gasteiger partial charge on any atom is -0.490 e. The molecule has 1 fully saturated rings. The number of benzene rings is 2. The highest BCUT2D eigenvalue weighted by Crippen LogP contribution is 2.61. The maximum Gasteiger partial charge on any atom is 0.410 e. The maximum atomic E-state index is 13.7. The van der Waals surface area contributed by atoms with Crippen molar-refractivity contribution in [1.82, 2.24) is 4.90 Å². The summed E-state index contributed by atoms with van der Waals surface area (Å²) in [6.07, 6.45) is 9.59. The number of nitro benzene ring substituents is 1. The first-order valence-corrected chi connectivity index (χ1v) is 19.4. The monoisotopic (exact) mass is 781 g/mol. The molecule has 3 aliphatic rings. The van der Waals surface area contributed by atoms with Crippen LogP contribution in [0.25, 0.3) is 0 Å². The lowest BCUT2D eigenvalue weighted by Gasteiger charge is -2.59. The Bertz CT molecular complexity index is 1700. The number of nitro groups is 1. The first-order valence-electron chi connectivity index (χ1n) is 18.9. The van der Waals surface area contributed by atoms with Gasteiger partial charge in [-0.3, -0.25) is 10.1 Å². The number of alkyl halides is 1. The molecule has 13 nitrogen and oxygen atoms in total. The molecular weight excluding hydrogens is 730 g/mol. The molecule has 1 saturated carbocycles. The van der Waals surface area contributed by atoms with Gasteiger partial charge in [0.05, 0.1) is 29.0 Å². The van der Waals surface area contributed by atoms with Crippen molar-refractivity contribution in [2.45, 2.75) is 69.3 Å². The third-order valence-electron chi connectivity index (χ3n) is 10.6. The number of aliphatic hydroxyl groups is 2. The van der Waals surface area contributed by atoms with Crippen LogP contribution in [-0.2, 0) is 20.9 Å². The molecule has 0 radical (unpaired) electrons. The molecule has 0 spiro atoms. The largest absolute Gasteiger partial charge is 0.490 e. The van der Waals surface area contributed by atoms with E-state index in [4.69, 9.17) is 40.5 Å². The average Bonchev–Trinajstić information content (AvgIpc) is 3.19. The predicted octanol–water partition coefficient (Wildman–Crippen LogP) is 7.30. The smallest absolute Gasteiger partial charge is 0.410 e. The van der Waals surface area contributed by atoms with E-state index in [-0.39, 0.29) is 68.8 Å². The summed E-state index contributed by atoms with van der Waals surface area (Å²) in [4.78, 5) is 31.9. The highest BCUT2D eigenvalue weighted by atomic mass is 35.5. The molecule has 6 unspecified atom stereocenters. The van der Waals surface area contributed by atoms with Crippen molar-refractivity contribution in [1.29, 1.82) is 0 Å². The normalized spacial score (nSPS) is 24.4. The van der Waals surface area contributed by atoms with E-state index in [9.17, 15) is 25.1 Å². The number of hydrogen-bond donors (Lipinski definition) is 2. The van der Waals surface area contributed by atoms with Crippen LogP contribution >= 0.6 is 11.6 Å². The number of halogens is 1. The van der Waals surface area contributed by atoms with E-state index in [1.165, 1.54) is 17.0 Å². The van der Waals surface area contributed by atoms with E-state index < -0.39 is 28.8 Å². The fourth-order valence-electron chi connectivity index (χ4n) is 8.23. The molecule has 2 aromatic carbocycles. The highest BCUT2D eigenvalue weighted by molar-refractivity contribution is 6.18. The molecule has 1 amide bonds. The number of amides is 1. The van der Waals surface area contributed by atoms with Gasteiger partial charge in [-0.25, -0.2) is 4.79 Å². The van der Waals surface area contributed by atoms with E-state index in [1.54, 1.807) is 31.3 Å². The Morgan fingerprint density at radius 1 is 1.09 bits per heavy atom. The van der Waals surface area contributed by atoms with Crippen molar-refractivity contribution >= 4 is 29.1 Å². The van der Waals surface area contributed by atoms with Crippen molar-refractivity contribution < 1.29 is 43.7 Å². The maximum absolute atomic E-state index is 13.7. The molecule has 0 bridgehead atoms. The number of carbonyl (C=O) groups excluding carboxylic acids is 1. The summed E-state index contributed by atoms with van der Waals surface area (Å²) in [7, 11) is 1.64. The van der Waals surface area contributed by atoms with Gasteiger partial charge in [-0.15, -0.1) is 18.2 Å². The molecule has 1 aliphatic heterocycles. The number of aliphatic hydroxyl groups excluding tert-OH is 2. The lowest BCUT2D eigenvalue weighted by molar-refractivity contribution is -0.384. The Hall–Kier alpha value is -4.43. The number of nitrogens with zero attached hydrogens (tertiary/aromatic N) is 3. The lowest BCUT2D eigenvalue weighted by Crippen LogP contribution is -2.69. The van der Waals surface area contributed by atoms with Crippen LogP contribution in [0.2, 0.25) is 0 Å². The Kier molecular flexibility index (Phi) is 15.1. The minimum atomic E-state index is -1.43. The first kappa shape index (κ1) is 41.7. The van der Waals surface area contributed by atoms with Crippen LogP contribution in [0.3, 0.4) is 0 Å². The molecule has 0 aromatic heterocycles. The van der Waals surface area contributed by atoms with Crippen molar-refractivity contribution in [3.63, 3.8) is 0 Å². The van der Waals surface area contributed by atoms with Crippen LogP contribution in [0.1, 0.15) is 62.0 Å². The van der Waals surface area contributed by atoms with Crippen LogP contribution in [0.15, 0.2) is 84.6 Å². The van der Waals surface area contributed by atoms with Gasteiger partial charge in [0.25, 0.3) is 5.69 Å². The number of oxime groups is 1. The lowest BCUT2D eigenvalue weighted by atomic mass is 9.55. The number of hydrogen-bond acceptors (Lipinski definition) is 11. The zero-order valence-electron chi connectivity index (χ0n) is 31.4. The molecule has 6 atom stereocenters. The van der Waals surface area contributed by atoms with Crippen molar-refractivity contribution in [2.24, 2.45) is 22.9 Å². The summed E-state index contributed by atoms with van der Waals surface area (Å²) < 4.78 is 25.5. The van der Waals surface area contributed by atoms with Gasteiger partial charge in [0.15, 0.2) is 0 Å². The van der Waals surface area contributed by atoms with E-state index in [1.807, 2.05) is 18.2 Å². The summed E-state index contributed by atoms with van der Waals surface area (Å²) in [5.41, 5.74) is 3.06. The number of rotatable bonds is 21. The molecule has 2 N–H and O–H groups in total. The van der Waals surface area contributed by atoms with Crippen LogP contribution in [0, 0.1) is 27.9 Å². The molecule has 55 heavy (non-hydrogen) atoms. The van der Waals surface area contributed by atoms with Crippen LogP contribution in [-0.4, -0.2) is 89.6 Å². The second-order valence-corrected chi connectivity index (χ2v) is 14.4. The van der Waals surface area contributed by atoms with Gasteiger partial charge in [-0.05, 0) is 79.0 Å². The molecule has 0 saturated heterocycles. The third kappa shape index (κ3) is 9.52. The van der Waals surface area contributed by atoms with E-state index >= 15 is 0 Å². The predicted molar refractivity (Wildman–Crippen MR) is 208 cm³/mol. The van der Waals surface area contributed by atoms with Gasteiger partial charge in [-0.2, -0.15) is 0 Å². The van der Waals surface area contributed by atoms with E-state index in [2.05, 4.69) is 19.2 Å². The van der Waals surface area contributed by atoms with Crippen molar-refractivity contribution in [3.05, 3.63) is 101 Å². The van der Waals surface area contributed by atoms with E-state index in [0.29, 0.717) is 42.2 Å². The topological polar surface area (TPSA) is 162 Å². The van der Waals surface area contributed by atoms with Gasteiger partial charge >= 0.3 is 6.09 Å². The number of unbranched alkanes of at least 4 members (excludes halogenated alkanes) is 2. The standard InChI is InChI=1S/C41H52ClN3O10/c1-4-21-51-31-16-17-36-34(25-31)38-32(11-7-9-20-47)29(10-6-8-19-46)24-33-35(43-54-27-28-12-14-30(15-13-28)45(49)50)26-37(44(3)40(48)52-23-18-42)41(55-36,39(33)38)53-22-5-2/h4-5,12-17,24-25,29,32,37-39,46-47H,1-2,6-11,18-23,26-27H2,3H3. The molecule has 1 heterocycles. The summed E-state index contributed by atoms with van der Waals surface area (Å²) in [5, 5.41) is 35.5. The minimum absolute atomic E-state index is 0.00803. The summed E-state index contributed by atoms with van der Waals surface area (Å²) in [5.74, 6) is -0.711. The summed E-state index contributed by atoms with van der Waals surface area (Å²) >= 11 is 5.91.